The SMILES string of the molecule is C=Cc1c(C)c(=O)oc2c(C)c(C)c(C)c(C)c12.CC(C)(C)OC(=O)N=C(NC(=O)OC(C)(C)C)n1cccn1.Cc1c(C)c(C)c2c(C)c(C)c(=O)oc2c1C.Cc1c(C)c(C)c2c(C)c(C)c(=O)oc2c1C.Cc1c(C)c(C)c2c(C)c(C)c(=O)oc2c1C.Cc1c(C)c(C)c2c(CN=C(N)N)c(C)c(=O)oc2c1C. The van der Waals surface area contributed by atoms with E-state index in [4.69, 9.17) is 43.0 Å². The molecule has 0 aliphatic carbocycles. The van der Waals surface area contributed by atoms with Crippen LogP contribution in [0.5, 0.6) is 0 Å². The molecular formula is C91H115N7O14. The van der Waals surface area contributed by atoms with Gasteiger partial charge in [-0.05, 0) is 381 Å². The Morgan fingerprint density at radius 2 is 0.679 bits per heavy atom. The van der Waals surface area contributed by atoms with E-state index in [0.717, 1.165) is 116 Å². The molecule has 0 fully saturated rings. The molecule has 0 saturated carbocycles. The summed E-state index contributed by atoms with van der Waals surface area (Å²) in [5, 5.41) is 11.6. The molecule has 0 unspecified atom stereocenters. The van der Waals surface area contributed by atoms with E-state index in [1.54, 1.807) is 67.5 Å². The second-order valence-electron chi connectivity index (χ2n) is 31.3. The maximum atomic E-state index is 12.1. The molecule has 0 atom stereocenters. The molecule has 5 N–H and O–H groups in total. The van der Waals surface area contributed by atoms with Crippen molar-refractivity contribution in [1.82, 2.24) is 15.1 Å². The van der Waals surface area contributed by atoms with Crippen LogP contribution in [0.4, 0.5) is 9.59 Å². The number of amides is 2. The molecule has 21 nitrogen and oxygen atoms in total. The smallest absolute Gasteiger partial charge is 0.437 e. The molecule has 0 saturated heterocycles. The number of ether oxygens (including phenoxy) is 2. The van der Waals surface area contributed by atoms with Gasteiger partial charge in [-0.2, -0.15) is 5.10 Å². The summed E-state index contributed by atoms with van der Waals surface area (Å²) in [6.45, 7) is 70.7. The molecular weight excluding hydrogens is 1420 g/mol. The zero-order valence-corrected chi connectivity index (χ0v) is 72.4. The molecule has 598 valence electrons. The highest BCUT2D eigenvalue weighted by Crippen LogP contribution is 2.37. The first-order valence-electron chi connectivity index (χ1n) is 37.3. The average Bonchev–Trinajstić information content (AvgIpc) is 0.802. The number of alkyl carbamates (subject to hydrolysis) is 1. The van der Waals surface area contributed by atoms with Crippen molar-refractivity contribution in [2.45, 2.75) is 253 Å². The zero-order chi connectivity index (χ0) is 85.2. The van der Waals surface area contributed by atoms with E-state index in [9.17, 15) is 33.6 Å². The first-order chi connectivity index (χ1) is 51.7. The molecule has 0 bridgehead atoms. The topological polar surface area (TPSA) is 310 Å². The van der Waals surface area contributed by atoms with Crippen LogP contribution in [0.2, 0.25) is 0 Å². The lowest BCUT2D eigenvalue weighted by molar-refractivity contribution is 0.0560. The Hall–Kier alpha value is -11.2. The average molecular weight is 1530 g/mol. The number of nitrogens with zero attached hydrogens (tertiary/aromatic N) is 4. The standard InChI is InChI=1S/C16H21N3O2.C16H18O2.3C15H18O2.C14H22N4O4/c1-7-8(2)10(4)14-13(9(7)3)12(6-19-16(17)18)11(5)15(20)21-14;1-7-13-12(6)16(17)18-15-11(5)9(3)8(2)10(4)14(13)15;3*1-7-8(2)11(5)14-13(9(7)3)10(4)12(6)15(16)17-14;1-13(2,3)21-11(19)16-10(18-9-7-8-15-18)17-12(20)22-14(4,5)6/h6H2,1-5H3,(H4,17,18,19);7H,1H2,2-6H3;3*1-6H3;7-9H,1-6H3,(H,16,17,19,20). The summed E-state index contributed by atoms with van der Waals surface area (Å²) in [5.41, 5.74) is 43.3. The molecule has 6 heterocycles. The molecule has 11 rings (SSSR count). The number of guanidine groups is 1. The minimum Gasteiger partial charge on any atom is -0.444 e. The number of benzene rings is 5. The molecule has 5 aromatic carbocycles. The number of aryl methyl sites for hydroxylation is 13. The van der Waals surface area contributed by atoms with Crippen LogP contribution in [0.3, 0.4) is 0 Å². The minimum absolute atomic E-state index is 0.00833. The number of aromatic nitrogens is 2. The van der Waals surface area contributed by atoms with E-state index in [1.165, 1.54) is 83.8 Å². The van der Waals surface area contributed by atoms with Gasteiger partial charge in [0.05, 0.1) is 6.54 Å². The van der Waals surface area contributed by atoms with Gasteiger partial charge in [-0.1, -0.05) is 12.7 Å². The Bertz CT molecular complexity index is 5720. The van der Waals surface area contributed by atoms with Crippen molar-refractivity contribution in [3.8, 4) is 0 Å². The van der Waals surface area contributed by atoms with E-state index < -0.39 is 23.4 Å². The van der Waals surface area contributed by atoms with Crippen molar-refractivity contribution in [2.75, 3.05) is 0 Å². The predicted molar refractivity (Wildman–Crippen MR) is 455 cm³/mol. The number of nitrogens with two attached hydrogens (primary N) is 2. The number of nitrogens with one attached hydrogen (secondary N) is 1. The van der Waals surface area contributed by atoms with Gasteiger partial charge in [0.1, 0.15) is 39.1 Å². The lowest BCUT2D eigenvalue weighted by atomic mass is 9.91. The predicted octanol–water partition coefficient (Wildman–Crippen LogP) is 19.6. The van der Waals surface area contributed by atoms with Crippen molar-refractivity contribution in [3.63, 3.8) is 0 Å². The second kappa shape index (κ2) is 35.0. The van der Waals surface area contributed by atoms with Crippen LogP contribution in [0, 0.1) is 194 Å². The van der Waals surface area contributed by atoms with Crippen molar-refractivity contribution in [3.05, 3.63) is 244 Å². The van der Waals surface area contributed by atoms with Gasteiger partial charge in [0.25, 0.3) is 0 Å². The lowest BCUT2D eigenvalue weighted by Gasteiger charge is -2.20. The highest BCUT2D eigenvalue weighted by atomic mass is 16.6. The normalized spacial score (nSPS) is 11.4. The number of carbonyl (C=O) groups is 2. The maximum Gasteiger partial charge on any atom is 0.437 e. The van der Waals surface area contributed by atoms with Gasteiger partial charge < -0.3 is 43.0 Å². The van der Waals surface area contributed by atoms with E-state index >= 15 is 0 Å². The molecule has 0 aliphatic heterocycles. The van der Waals surface area contributed by atoms with Crippen LogP contribution in [0.25, 0.3) is 60.9 Å². The largest absolute Gasteiger partial charge is 0.444 e. The van der Waals surface area contributed by atoms with Gasteiger partial charge >= 0.3 is 40.3 Å². The van der Waals surface area contributed by atoms with Crippen molar-refractivity contribution in [2.24, 2.45) is 21.5 Å². The first kappa shape index (κ1) is 89.7. The summed E-state index contributed by atoms with van der Waals surface area (Å²) in [5.74, 6) is -0.0949. The maximum absolute atomic E-state index is 12.1. The summed E-state index contributed by atoms with van der Waals surface area (Å²) < 4.78 is 38.8. The highest BCUT2D eigenvalue weighted by Gasteiger charge is 2.25. The van der Waals surface area contributed by atoms with Crippen molar-refractivity contribution < 1.29 is 41.1 Å². The Morgan fingerprint density at radius 1 is 0.402 bits per heavy atom. The minimum atomic E-state index is -0.839. The number of fused-ring (bicyclic) bond motifs is 5. The Balaban J connectivity index is 0.000000210. The molecule has 2 amide bonds. The van der Waals surface area contributed by atoms with Crippen LogP contribution in [0.1, 0.15) is 208 Å². The van der Waals surface area contributed by atoms with Crippen molar-refractivity contribution >= 4 is 85.0 Å². The molecule has 112 heavy (non-hydrogen) atoms. The van der Waals surface area contributed by atoms with Crippen LogP contribution < -0.4 is 44.9 Å². The van der Waals surface area contributed by atoms with Gasteiger partial charge in [-0.15, -0.1) is 4.99 Å². The number of aliphatic imine (C=N–C) groups is 2. The third-order valence-corrected chi connectivity index (χ3v) is 22.4. The molecule has 0 spiro atoms. The van der Waals surface area contributed by atoms with E-state index in [1.807, 2.05) is 90.0 Å². The van der Waals surface area contributed by atoms with Gasteiger partial charge in [0, 0.05) is 67.1 Å². The van der Waals surface area contributed by atoms with Crippen LogP contribution >= 0.6 is 0 Å². The van der Waals surface area contributed by atoms with Gasteiger partial charge in [-0.3, -0.25) is 5.32 Å². The van der Waals surface area contributed by atoms with Crippen molar-refractivity contribution in [1.29, 1.82) is 0 Å². The molecule has 11 aromatic rings. The van der Waals surface area contributed by atoms with Gasteiger partial charge in [-0.25, -0.2) is 43.2 Å². The molecule has 21 heteroatoms. The highest BCUT2D eigenvalue weighted by molar-refractivity contribution is 6.00. The second-order valence-corrected chi connectivity index (χ2v) is 31.3. The number of carbonyl (C=O) groups excluding carboxylic acids is 2. The van der Waals surface area contributed by atoms with Crippen LogP contribution in [-0.4, -0.2) is 45.1 Å². The summed E-state index contributed by atoms with van der Waals surface area (Å²) in [6, 6.07) is 1.63. The number of hydrogen-bond donors (Lipinski definition) is 3. The lowest BCUT2D eigenvalue weighted by Crippen LogP contribution is -2.40. The van der Waals surface area contributed by atoms with E-state index in [2.05, 4.69) is 117 Å². The van der Waals surface area contributed by atoms with Gasteiger partial charge in [0.2, 0.25) is 5.96 Å². The fourth-order valence-corrected chi connectivity index (χ4v) is 13.5. The number of hydrogen-bond acceptors (Lipinski definition) is 16. The summed E-state index contributed by atoms with van der Waals surface area (Å²) >= 11 is 0. The molecule has 6 aromatic heterocycles. The van der Waals surface area contributed by atoms with Crippen LogP contribution in [0.15, 0.2) is 81.1 Å². The summed E-state index contributed by atoms with van der Waals surface area (Å²) in [7, 11) is 0. The monoisotopic (exact) mass is 1530 g/mol. The quantitative estimate of drug-likeness (QED) is 0.0841. The fourth-order valence-electron chi connectivity index (χ4n) is 13.5. The van der Waals surface area contributed by atoms with E-state index in [0.29, 0.717) is 39.0 Å². The van der Waals surface area contributed by atoms with E-state index in [-0.39, 0.29) is 46.6 Å². The summed E-state index contributed by atoms with van der Waals surface area (Å²) in [4.78, 5) is 90.6. The zero-order valence-electron chi connectivity index (χ0n) is 72.4. The van der Waals surface area contributed by atoms with Gasteiger partial charge in [0.15, 0.2) is 5.96 Å². The Kier molecular flexibility index (Phi) is 28.0. The third-order valence-electron chi connectivity index (χ3n) is 22.4. The molecule has 0 radical (unpaired) electrons. The third kappa shape index (κ3) is 18.7. The molecule has 0 aliphatic rings. The Morgan fingerprint density at radius 3 is 0.982 bits per heavy atom. The van der Waals surface area contributed by atoms with Crippen LogP contribution in [-0.2, 0) is 16.0 Å². The first-order valence-corrected chi connectivity index (χ1v) is 37.3. The number of rotatable bonds is 3. The fraction of sp³-hybridized carbons (Fsp3) is 0.407. The Labute approximate surface area is 656 Å². The summed E-state index contributed by atoms with van der Waals surface area (Å²) in [6.07, 6.45) is 3.18.